The van der Waals surface area contributed by atoms with Gasteiger partial charge in [-0.05, 0) is 171 Å². The lowest BCUT2D eigenvalue weighted by atomic mass is 9.70. The molecule has 3 N–H and O–H groups in total. The summed E-state index contributed by atoms with van der Waals surface area (Å²) in [6.45, 7) is 12.5. The average molecular weight is 1310 g/mol. The van der Waals surface area contributed by atoms with Crippen molar-refractivity contribution in [1.29, 1.82) is 0 Å². The van der Waals surface area contributed by atoms with Crippen LogP contribution < -0.4 is 20.3 Å². The fourth-order valence-electron chi connectivity index (χ4n) is 13.5. The number of halogens is 4. The third kappa shape index (κ3) is 15.4. The van der Waals surface area contributed by atoms with Gasteiger partial charge in [0.2, 0.25) is 11.8 Å². The number of nitrogens with one attached hydrogen (secondary N) is 3. The third-order valence-electron chi connectivity index (χ3n) is 18.5. The number of carbonyl (C=O) groups is 4. The van der Waals surface area contributed by atoms with Crippen LogP contribution in [0.1, 0.15) is 108 Å². The van der Waals surface area contributed by atoms with Crippen molar-refractivity contribution in [1.82, 2.24) is 29.6 Å². The summed E-state index contributed by atoms with van der Waals surface area (Å²) in [5.74, 6) is -1.22. The van der Waals surface area contributed by atoms with E-state index < -0.39 is 64.7 Å². The number of nitrogens with zero attached hydrogens (tertiary/aromatic N) is 5. The zero-order valence-corrected chi connectivity index (χ0v) is 53.5. The van der Waals surface area contributed by atoms with Crippen LogP contribution in [0.4, 0.5) is 24.5 Å². The number of fused-ring (bicyclic) bond motifs is 1. The van der Waals surface area contributed by atoms with E-state index in [1.807, 2.05) is 53.3 Å². The third-order valence-corrected chi connectivity index (χ3v) is 22.8. The first-order valence-electron chi connectivity index (χ1n) is 30.9. The highest BCUT2D eigenvalue weighted by atomic mass is 35.5. The zero-order valence-electron chi connectivity index (χ0n) is 50.3. The first kappa shape index (κ1) is 65.2. The first-order valence-corrected chi connectivity index (χ1v) is 35.2. The molecule has 4 fully saturated rings. The summed E-state index contributed by atoms with van der Waals surface area (Å²) < 4.78 is 105. The van der Waals surface area contributed by atoms with Crippen molar-refractivity contribution in [3.8, 4) is 0 Å². The Bertz CT molecular complexity index is 3710. The molecule has 0 bridgehead atoms. The Morgan fingerprint density at radius 1 is 0.811 bits per heavy atom. The van der Waals surface area contributed by atoms with Gasteiger partial charge in [-0.3, -0.25) is 29.4 Å². The van der Waals surface area contributed by atoms with Crippen LogP contribution in [0.3, 0.4) is 0 Å². The molecule has 480 valence electrons. The molecule has 5 aliphatic heterocycles. The van der Waals surface area contributed by atoms with Gasteiger partial charge in [0.05, 0.1) is 17.2 Å². The monoisotopic (exact) mass is 1310 g/mol. The summed E-state index contributed by atoms with van der Waals surface area (Å²) >= 11 is 7.82. The maximum Gasteiger partial charge on any atom is 0.501 e. The van der Waals surface area contributed by atoms with Crippen LogP contribution in [0.2, 0.25) is 5.02 Å². The molecule has 0 aromatic heterocycles. The number of benzene rings is 5. The number of amides is 4. The van der Waals surface area contributed by atoms with Crippen LogP contribution in [-0.4, -0.2) is 169 Å². The number of sulfonamides is 1. The number of imide groups is 1. The number of alkyl halides is 3. The van der Waals surface area contributed by atoms with E-state index in [-0.39, 0.29) is 29.2 Å². The van der Waals surface area contributed by atoms with Crippen molar-refractivity contribution in [2.45, 2.75) is 109 Å². The SMILES string of the molecule is C[C@@]1(CN2CCC(c3ccc4c(c3)CN(C3CCC(=O)NC3=O)C4=O)CC2)CCC(c2ccc(Cl)cc2)=C(CN2CCN(c3ccc(C(=O)NS(=O)(=O)c4ccc(N[C@H](CCN5CCCOCC5)CSc5ccccc5)c(S(=O)(=O)C(F)(F)F)c4)cc3)CC2)C1. The summed E-state index contributed by atoms with van der Waals surface area (Å²) in [7, 11) is -11.0. The molecule has 0 saturated carbocycles. The summed E-state index contributed by atoms with van der Waals surface area (Å²) in [6, 6.07) is 31.3. The lowest BCUT2D eigenvalue weighted by Crippen LogP contribution is -2.52. The Labute approximate surface area is 534 Å². The fourth-order valence-corrected chi connectivity index (χ4v) is 16.7. The molecule has 1 aliphatic carbocycles. The van der Waals surface area contributed by atoms with Gasteiger partial charge in [0, 0.05) is 117 Å². The number of piperazine rings is 1. The lowest BCUT2D eigenvalue weighted by Gasteiger charge is -2.44. The molecule has 1 unspecified atom stereocenters. The van der Waals surface area contributed by atoms with E-state index in [0.717, 1.165) is 113 Å². The van der Waals surface area contributed by atoms with Gasteiger partial charge in [0.25, 0.3) is 31.7 Å². The molecule has 5 aromatic carbocycles. The Morgan fingerprint density at radius 2 is 1.56 bits per heavy atom. The second kappa shape index (κ2) is 27.9. The number of thioether (sulfide) groups is 1. The molecule has 5 aromatic rings. The van der Waals surface area contributed by atoms with Crippen molar-refractivity contribution in [2.75, 3.05) is 101 Å². The normalized spacial score (nSPS) is 21.7. The molecule has 6 aliphatic rings. The van der Waals surface area contributed by atoms with E-state index in [1.165, 1.54) is 46.2 Å². The predicted octanol–water partition coefficient (Wildman–Crippen LogP) is 9.84. The number of piperidine rings is 2. The van der Waals surface area contributed by atoms with Gasteiger partial charge in [0.1, 0.15) is 10.9 Å². The smallest absolute Gasteiger partial charge is 0.380 e. The number of hydrogen-bond acceptors (Lipinski definition) is 15. The van der Waals surface area contributed by atoms with Gasteiger partial charge < -0.3 is 29.7 Å². The van der Waals surface area contributed by atoms with Crippen LogP contribution in [0, 0.1) is 5.41 Å². The van der Waals surface area contributed by atoms with E-state index in [1.54, 1.807) is 17.0 Å². The molecule has 3 atom stereocenters. The molecule has 17 nitrogen and oxygen atoms in total. The van der Waals surface area contributed by atoms with Gasteiger partial charge in [-0.25, -0.2) is 21.6 Å². The minimum Gasteiger partial charge on any atom is -0.380 e. The molecule has 24 heteroatoms. The van der Waals surface area contributed by atoms with Gasteiger partial charge in [-0.15, -0.1) is 11.8 Å². The van der Waals surface area contributed by atoms with Crippen LogP contribution in [0.5, 0.6) is 0 Å². The van der Waals surface area contributed by atoms with Gasteiger partial charge >= 0.3 is 5.51 Å². The second-order valence-electron chi connectivity index (χ2n) is 24.9. The Balaban J connectivity index is 0.703. The standard InChI is InChI=1S/C66H76ClF3N8O9S3/c1-65(44-76-28-23-45(24-29-76)48-12-18-57-49(38-48)42-78(64(57)82)59-20-21-61(79)72-63(59)81)26-22-56(46-8-13-51(67)14-9-46)50(40-65)41-75-31-33-77(34-32-75)53-15-10-47(11-16-53)62(80)73-90(85,86)55-17-19-58(60(39-55)89(83,84)66(68,69)70)71-52(43-88-54-6-3-2-4-7-54)25-30-74-27-5-36-87-37-35-74/h2-4,6-19,38-39,45,52,59,71H,5,20-37,40-44H2,1H3,(H,73,80)(H,72,79,81)/t52-,59?,65-/m1/s1. The Morgan fingerprint density at radius 3 is 2.28 bits per heavy atom. The number of carbonyl (C=O) groups excluding carboxylic acids is 4. The summed E-state index contributed by atoms with van der Waals surface area (Å²) in [4.78, 5) is 61.3. The molecule has 0 spiro atoms. The first-order chi connectivity index (χ1) is 43.1. The van der Waals surface area contributed by atoms with Crippen molar-refractivity contribution in [3.63, 3.8) is 0 Å². The molecule has 4 amide bonds. The van der Waals surface area contributed by atoms with Gasteiger partial charge in [0.15, 0.2) is 0 Å². The zero-order chi connectivity index (χ0) is 63.4. The summed E-state index contributed by atoms with van der Waals surface area (Å²) in [5.41, 5.74) is 1.38. The van der Waals surface area contributed by atoms with Crippen LogP contribution in [-0.2, 0) is 40.7 Å². The van der Waals surface area contributed by atoms with Crippen molar-refractivity contribution in [2.24, 2.45) is 5.41 Å². The number of anilines is 2. The van der Waals surface area contributed by atoms with Crippen molar-refractivity contribution < 1.29 is 53.9 Å². The molecule has 90 heavy (non-hydrogen) atoms. The quantitative estimate of drug-likeness (QED) is 0.0491. The number of sulfone groups is 1. The minimum absolute atomic E-state index is 0.0251. The highest BCUT2D eigenvalue weighted by Gasteiger charge is 2.49. The van der Waals surface area contributed by atoms with E-state index in [0.29, 0.717) is 87.1 Å². The number of rotatable bonds is 20. The van der Waals surface area contributed by atoms with Crippen LogP contribution in [0.15, 0.2) is 136 Å². The van der Waals surface area contributed by atoms with Crippen LogP contribution >= 0.6 is 23.4 Å². The molecule has 11 rings (SSSR count). The number of hydrogen-bond donors (Lipinski definition) is 3. The predicted molar refractivity (Wildman–Crippen MR) is 342 cm³/mol. The number of allylic oxidation sites excluding steroid dienone is 1. The lowest BCUT2D eigenvalue weighted by molar-refractivity contribution is -0.136. The maximum atomic E-state index is 14.4. The second-order valence-corrected chi connectivity index (χ2v) is 30.0. The summed E-state index contributed by atoms with van der Waals surface area (Å²) in [5, 5.41) is 6.09. The highest BCUT2D eigenvalue weighted by Crippen LogP contribution is 2.45. The van der Waals surface area contributed by atoms with E-state index >= 15 is 0 Å². The van der Waals surface area contributed by atoms with Crippen LogP contribution in [0.25, 0.3) is 5.57 Å². The van der Waals surface area contributed by atoms with Crippen molar-refractivity contribution in [3.05, 3.63) is 154 Å². The van der Waals surface area contributed by atoms with Gasteiger partial charge in [-0.2, -0.15) is 13.2 Å². The topological polar surface area (TPSA) is 198 Å². The molecular formula is C66H76ClF3N8O9S3. The Kier molecular flexibility index (Phi) is 20.2. The number of ether oxygens (including phenoxy) is 1. The number of likely N-dealkylation sites (tertiary alicyclic amines) is 1. The van der Waals surface area contributed by atoms with Crippen molar-refractivity contribution >= 4 is 83.8 Å². The van der Waals surface area contributed by atoms with E-state index in [9.17, 15) is 49.2 Å². The molecule has 0 radical (unpaired) electrons. The maximum absolute atomic E-state index is 14.4. The van der Waals surface area contributed by atoms with E-state index in [2.05, 4.69) is 61.4 Å². The van der Waals surface area contributed by atoms with E-state index in [4.69, 9.17) is 16.3 Å². The minimum atomic E-state index is -6.10. The largest absolute Gasteiger partial charge is 0.501 e. The Hall–Kier alpha value is -6.31. The van der Waals surface area contributed by atoms with Gasteiger partial charge in [-0.1, -0.05) is 66.6 Å². The average Bonchev–Trinajstić information content (AvgIpc) is 1.14. The fraction of sp³-hybridized carbons (Fsp3) is 0.455. The molecule has 4 saturated heterocycles. The summed E-state index contributed by atoms with van der Waals surface area (Å²) in [6.07, 6.45) is 6.69. The molecule has 5 heterocycles. The highest BCUT2D eigenvalue weighted by molar-refractivity contribution is 7.99. The molecular weight excluding hydrogens is 1240 g/mol.